The van der Waals surface area contributed by atoms with E-state index in [2.05, 4.69) is 21.8 Å². The minimum absolute atomic E-state index is 0.122. The Hall–Kier alpha value is -1.71. The van der Waals surface area contributed by atoms with Crippen LogP contribution in [0.25, 0.3) is 4.83 Å². The zero-order valence-corrected chi connectivity index (χ0v) is 17.8. The predicted molar refractivity (Wildman–Crippen MR) is 106 cm³/mol. The van der Waals surface area contributed by atoms with Crippen LogP contribution >= 0.6 is 11.3 Å². The molecule has 0 saturated carbocycles. The number of hydrogen-bond donors (Lipinski definition) is 0. The molecule has 146 valence electrons. The molecular formula is C18H25N5O2S2. The number of imidazole rings is 1. The second kappa shape index (κ2) is 6.72. The average Bonchev–Trinajstić information content (AvgIpc) is 3.31. The van der Waals surface area contributed by atoms with Gasteiger partial charge in [0, 0.05) is 36.6 Å². The molecule has 0 aliphatic carbocycles. The van der Waals surface area contributed by atoms with E-state index in [0.29, 0.717) is 30.2 Å². The van der Waals surface area contributed by atoms with Crippen molar-refractivity contribution in [3.8, 4) is 0 Å². The number of piperidine rings is 1. The maximum Gasteiger partial charge on any atom is 0.246 e. The average molecular weight is 408 g/mol. The Morgan fingerprint density at radius 3 is 2.78 bits per heavy atom. The van der Waals surface area contributed by atoms with Gasteiger partial charge in [0.2, 0.25) is 10.0 Å². The van der Waals surface area contributed by atoms with Gasteiger partial charge in [0.15, 0.2) is 0 Å². The fraction of sp³-hybridized carbons (Fsp3) is 0.556. The molecule has 3 aromatic rings. The number of nitrogens with zero attached hydrogens (tertiary/aromatic N) is 5. The molecule has 1 aliphatic heterocycles. The number of fused-ring (bicyclic) bond motifs is 1. The second-order valence-corrected chi connectivity index (χ2v) is 9.94. The van der Waals surface area contributed by atoms with Gasteiger partial charge >= 0.3 is 0 Å². The van der Waals surface area contributed by atoms with Gasteiger partial charge in [-0.15, -0.1) is 11.3 Å². The summed E-state index contributed by atoms with van der Waals surface area (Å²) in [5, 5.41) is 6.35. The maximum absolute atomic E-state index is 13.2. The number of aromatic nitrogens is 4. The van der Waals surface area contributed by atoms with Crippen LogP contribution in [0.1, 0.15) is 48.6 Å². The van der Waals surface area contributed by atoms with Gasteiger partial charge in [0.1, 0.15) is 15.6 Å². The monoisotopic (exact) mass is 407 g/mol. The van der Waals surface area contributed by atoms with Crippen LogP contribution in [0.5, 0.6) is 0 Å². The highest BCUT2D eigenvalue weighted by atomic mass is 32.2. The van der Waals surface area contributed by atoms with E-state index < -0.39 is 10.0 Å². The first-order valence-electron chi connectivity index (χ1n) is 9.30. The smallest absolute Gasteiger partial charge is 0.246 e. The van der Waals surface area contributed by atoms with Crippen LogP contribution < -0.4 is 0 Å². The minimum Gasteiger partial charge on any atom is -0.292 e. The van der Waals surface area contributed by atoms with E-state index in [9.17, 15) is 8.42 Å². The van der Waals surface area contributed by atoms with E-state index in [0.717, 1.165) is 29.2 Å². The van der Waals surface area contributed by atoms with Crippen LogP contribution in [-0.2, 0) is 16.6 Å². The first kappa shape index (κ1) is 18.6. The minimum atomic E-state index is -3.55. The summed E-state index contributed by atoms with van der Waals surface area (Å²) in [4.78, 5) is 6.26. The number of sulfonamides is 1. The van der Waals surface area contributed by atoms with Crippen LogP contribution in [0.3, 0.4) is 0 Å². The molecule has 9 heteroatoms. The summed E-state index contributed by atoms with van der Waals surface area (Å²) < 4.78 is 32.0. The first-order chi connectivity index (χ1) is 12.8. The highest BCUT2D eigenvalue weighted by Crippen LogP contribution is 2.35. The Morgan fingerprint density at radius 2 is 2.07 bits per heavy atom. The van der Waals surface area contributed by atoms with Gasteiger partial charge in [-0.1, -0.05) is 0 Å². The van der Waals surface area contributed by atoms with Gasteiger partial charge in [-0.05, 0) is 40.5 Å². The first-order valence-corrected chi connectivity index (χ1v) is 11.6. The quantitative estimate of drug-likeness (QED) is 0.666. The molecule has 1 aliphatic rings. The van der Waals surface area contributed by atoms with Gasteiger partial charge in [-0.3, -0.25) is 9.08 Å². The van der Waals surface area contributed by atoms with Crippen molar-refractivity contribution in [1.82, 2.24) is 23.5 Å². The van der Waals surface area contributed by atoms with Crippen molar-refractivity contribution in [2.45, 2.75) is 57.9 Å². The summed E-state index contributed by atoms with van der Waals surface area (Å²) >= 11 is 1.69. The molecule has 0 aromatic carbocycles. The van der Waals surface area contributed by atoms with E-state index in [-0.39, 0.29) is 5.92 Å². The van der Waals surface area contributed by atoms with Crippen molar-refractivity contribution in [2.75, 3.05) is 13.1 Å². The van der Waals surface area contributed by atoms with E-state index >= 15 is 0 Å². The van der Waals surface area contributed by atoms with Crippen LogP contribution in [0.15, 0.2) is 16.5 Å². The Kier molecular flexibility index (Phi) is 4.64. The third kappa shape index (κ3) is 2.92. The van der Waals surface area contributed by atoms with Crippen LogP contribution in [0.2, 0.25) is 0 Å². The van der Waals surface area contributed by atoms with Crippen LogP contribution in [0.4, 0.5) is 0 Å². The van der Waals surface area contributed by atoms with E-state index in [1.165, 1.54) is 11.9 Å². The third-order valence-corrected chi connectivity index (χ3v) is 8.51. The number of rotatable bonds is 4. The molecule has 0 bridgehead atoms. The highest BCUT2D eigenvalue weighted by molar-refractivity contribution is 7.89. The SMILES string of the molecule is CCn1ncc(S(=O)(=O)N2CCC[C@H](c3nc(C)n4c(C)csc34)C2)c1C. The normalized spacial score (nSPS) is 19.2. The van der Waals surface area contributed by atoms with Gasteiger partial charge in [-0.2, -0.15) is 9.40 Å². The molecule has 0 amide bonds. The highest BCUT2D eigenvalue weighted by Gasteiger charge is 2.35. The van der Waals surface area contributed by atoms with Gasteiger partial charge in [0.25, 0.3) is 0 Å². The molecule has 3 aromatic heterocycles. The number of aryl methyl sites for hydroxylation is 3. The van der Waals surface area contributed by atoms with Crippen molar-refractivity contribution in [1.29, 1.82) is 0 Å². The molecule has 4 rings (SSSR count). The van der Waals surface area contributed by atoms with Crippen LogP contribution in [-0.4, -0.2) is 45.0 Å². The van der Waals surface area contributed by atoms with Crippen LogP contribution in [0, 0.1) is 20.8 Å². The van der Waals surface area contributed by atoms with Gasteiger partial charge < -0.3 is 0 Å². The van der Waals surface area contributed by atoms with Crippen molar-refractivity contribution < 1.29 is 8.42 Å². The molecule has 7 nitrogen and oxygen atoms in total. The molecular weight excluding hydrogens is 382 g/mol. The van der Waals surface area contributed by atoms with Gasteiger partial charge in [0.05, 0.1) is 17.6 Å². The lowest BCUT2D eigenvalue weighted by atomic mass is 9.97. The van der Waals surface area contributed by atoms with E-state index in [4.69, 9.17) is 4.98 Å². The molecule has 1 saturated heterocycles. The van der Waals surface area contributed by atoms with Crippen molar-refractivity contribution >= 4 is 26.2 Å². The summed E-state index contributed by atoms with van der Waals surface area (Å²) in [6.07, 6.45) is 3.29. The summed E-state index contributed by atoms with van der Waals surface area (Å²) in [7, 11) is -3.55. The summed E-state index contributed by atoms with van der Waals surface area (Å²) in [6, 6.07) is 0. The van der Waals surface area contributed by atoms with Gasteiger partial charge in [-0.25, -0.2) is 13.4 Å². The summed E-state index contributed by atoms with van der Waals surface area (Å²) in [5.74, 6) is 1.09. The third-order valence-electron chi connectivity index (χ3n) is 5.47. The Bertz CT molecular complexity index is 1090. The zero-order valence-electron chi connectivity index (χ0n) is 16.1. The topological polar surface area (TPSA) is 72.5 Å². The van der Waals surface area contributed by atoms with E-state index in [1.807, 2.05) is 20.8 Å². The molecule has 0 spiro atoms. The Morgan fingerprint density at radius 1 is 1.30 bits per heavy atom. The standard InChI is InChI=1S/C18H25N5O2S2/c1-5-22-13(3)16(9-19-22)27(24,25)21-8-6-7-15(10-21)17-18-23(14(4)20-17)12(2)11-26-18/h9,11,15H,5-8,10H2,1-4H3/t15-/m0/s1. The van der Waals surface area contributed by atoms with Crippen molar-refractivity contribution in [3.05, 3.63) is 34.5 Å². The molecule has 27 heavy (non-hydrogen) atoms. The lowest BCUT2D eigenvalue weighted by Gasteiger charge is -2.31. The number of thiazole rings is 1. The fourth-order valence-corrected chi connectivity index (χ4v) is 6.83. The lowest BCUT2D eigenvalue weighted by molar-refractivity contribution is 0.314. The lowest BCUT2D eigenvalue weighted by Crippen LogP contribution is -2.39. The molecule has 1 atom stereocenters. The fourth-order valence-electron chi connectivity index (χ4n) is 4.05. The molecule has 0 unspecified atom stereocenters. The number of hydrogen-bond acceptors (Lipinski definition) is 5. The molecule has 0 radical (unpaired) electrons. The Balaban J connectivity index is 1.67. The molecule has 4 heterocycles. The summed E-state index contributed by atoms with van der Waals surface area (Å²) in [6.45, 7) is 9.55. The summed E-state index contributed by atoms with van der Waals surface area (Å²) in [5.41, 5.74) is 2.91. The van der Waals surface area contributed by atoms with Crippen molar-refractivity contribution in [2.24, 2.45) is 0 Å². The maximum atomic E-state index is 13.2. The molecule has 1 fully saturated rings. The van der Waals surface area contributed by atoms with E-state index in [1.54, 1.807) is 20.3 Å². The largest absolute Gasteiger partial charge is 0.292 e. The molecule has 0 N–H and O–H groups in total. The zero-order chi connectivity index (χ0) is 19.3. The second-order valence-electron chi connectivity index (χ2n) is 7.17. The van der Waals surface area contributed by atoms with Crippen molar-refractivity contribution in [3.63, 3.8) is 0 Å². The predicted octanol–water partition coefficient (Wildman–Crippen LogP) is 3.11. The Labute approximate surface area is 163 Å².